The number of hydrogen-bond acceptors (Lipinski definition) is 5. The van der Waals surface area contributed by atoms with Gasteiger partial charge in [-0.3, -0.25) is 9.59 Å². The minimum Gasteiger partial charge on any atom is -0.349 e. The van der Waals surface area contributed by atoms with Gasteiger partial charge < -0.3 is 10.6 Å². The van der Waals surface area contributed by atoms with Crippen LogP contribution in [0.2, 0.25) is 0 Å². The van der Waals surface area contributed by atoms with Crippen molar-refractivity contribution in [1.29, 1.82) is 0 Å². The van der Waals surface area contributed by atoms with Crippen molar-refractivity contribution in [3.05, 3.63) is 11.9 Å². The summed E-state index contributed by atoms with van der Waals surface area (Å²) in [5.74, 6) is 0.00880. The zero-order chi connectivity index (χ0) is 14.3. The normalized spacial score (nSPS) is 10.7. The van der Waals surface area contributed by atoms with E-state index >= 15 is 0 Å². The van der Waals surface area contributed by atoms with Gasteiger partial charge >= 0.3 is 0 Å². The van der Waals surface area contributed by atoms with Gasteiger partial charge in [-0.1, -0.05) is 26.0 Å². The molecular formula is C12H21N5O2. The molecule has 106 valence electrons. The fourth-order valence-electron chi connectivity index (χ4n) is 1.34. The van der Waals surface area contributed by atoms with Gasteiger partial charge in [-0.15, -0.1) is 5.10 Å². The third-order valence-electron chi connectivity index (χ3n) is 2.46. The number of rotatable bonds is 8. The van der Waals surface area contributed by atoms with Crippen molar-refractivity contribution in [3.63, 3.8) is 0 Å². The molecule has 0 bridgehead atoms. The summed E-state index contributed by atoms with van der Waals surface area (Å²) < 4.78 is 1.49. The van der Waals surface area contributed by atoms with Gasteiger partial charge in [0.15, 0.2) is 5.78 Å². The molecule has 1 aromatic rings. The molecule has 0 aromatic carbocycles. The first-order chi connectivity index (χ1) is 9.01. The monoisotopic (exact) mass is 267 g/mol. The molecular weight excluding hydrogens is 246 g/mol. The Morgan fingerprint density at radius 1 is 1.42 bits per heavy atom. The lowest BCUT2D eigenvalue weighted by Crippen LogP contribution is -2.36. The second kappa shape index (κ2) is 7.63. The summed E-state index contributed by atoms with van der Waals surface area (Å²) in [4.78, 5) is 22.7. The van der Waals surface area contributed by atoms with Crippen molar-refractivity contribution in [3.8, 4) is 0 Å². The summed E-state index contributed by atoms with van der Waals surface area (Å²) in [5.41, 5.74) is 0.641. The lowest BCUT2D eigenvalue weighted by atomic mass is 10.3. The molecule has 7 heteroatoms. The first kappa shape index (κ1) is 15.3. The summed E-state index contributed by atoms with van der Waals surface area (Å²) >= 11 is 0. The smallest absolute Gasteiger partial charge is 0.234 e. The van der Waals surface area contributed by atoms with Gasteiger partial charge in [-0.25, -0.2) is 4.68 Å². The Kier molecular flexibility index (Phi) is 6.14. The Labute approximate surface area is 112 Å². The molecule has 0 saturated carbocycles. The van der Waals surface area contributed by atoms with Crippen LogP contribution in [0.5, 0.6) is 0 Å². The molecule has 0 unspecified atom stereocenters. The molecule has 0 radical (unpaired) electrons. The molecule has 0 fully saturated rings. The highest BCUT2D eigenvalue weighted by molar-refractivity contribution is 5.78. The summed E-state index contributed by atoms with van der Waals surface area (Å²) in [6, 6.07) is 0.270. The van der Waals surface area contributed by atoms with E-state index in [2.05, 4.69) is 20.9 Å². The van der Waals surface area contributed by atoms with Gasteiger partial charge in [0.05, 0.1) is 19.3 Å². The fourth-order valence-corrected chi connectivity index (χ4v) is 1.34. The zero-order valence-corrected chi connectivity index (χ0v) is 11.6. The molecule has 0 saturated heterocycles. The molecule has 0 aliphatic heterocycles. The Balaban J connectivity index is 2.33. The number of carbonyl (C=O) groups is 2. The fraction of sp³-hybridized carbons (Fsp3) is 0.667. The number of carbonyl (C=O) groups excluding carboxylic acids is 2. The van der Waals surface area contributed by atoms with Gasteiger partial charge in [0, 0.05) is 12.5 Å². The van der Waals surface area contributed by atoms with Crippen molar-refractivity contribution < 1.29 is 9.59 Å². The second-order valence-electron chi connectivity index (χ2n) is 4.61. The Morgan fingerprint density at radius 2 is 2.16 bits per heavy atom. The van der Waals surface area contributed by atoms with Crippen LogP contribution in [0.15, 0.2) is 6.20 Å². The summed E-state index contributed by atoms with van der Waals surface area (Å²) in [7, 11) is 0. The SMILES string of the molecule is CCC(=O)Cn1cc(CNC(=O)CNC(C)C)nn1. The average molecular weight is 267 g/mol. The van der Waals surface area contributed by atoms with Crippen LogP contribution in [-0.4, -0.2) is 39.3 Å². The van der Waals surface area contributed by atoms with Gasteiger partial charge in [-0.05, 0) is 0 Å². The standard InChI is InChI=1S/C12H21N5O2/c1-4-11(18)8-17-7-10(15-16-17)5-14-12(19)6-13-9(2)3/h7,9,13H,4-6,8H2,1-3H3,(H,14,19). The molecule has 1 heterocycles. The number of amides is 1. The van der Waals surface area contributed by atoms with Crippen LogP contribution >= 0.6 is 0 Å². The van der Waals surface area contributed by atoms with E-state index in [9.17, 15) is 9.59 Å². The number of aromatic nitrogens is 3. The summed E-state index contributed by atoms with van der Waals surface area (Å²) in [6.45, 7) is 6.58. The van der Waals surface area contributed by atoms with E-state index in [-0.39, 0.29) is 30.8 Å². The average Bonchev–Trinajstić information content (AvgIpc) is 2.81. The van der Waals surface area contributed by atoms with Gasteiger partial charge in [-0.2, -0.15) is 0 Å². The van der Waals surface area contributed by atoms with Crippen molar-refractivity contribution in [1.82, 2.24) is 25.6 Å². The third kappa shape index (κ3) is 6.10. The highest BCUT2D eigenvalue weighted by atomic mass is 16.2. The number of Topliss-reactive ketones (excluding diaryl/α,β-unsaturated/α-hetero) is 1. The van der Waals surface area contributed by atoms with Crippen molar-refractivity contribution in [2.45, 2.75) is 46.3 Å². The molecule has 2 N–H and O–H groups in total. The Hall–Kier alpha value is -1.76. The van der Waals surface area contributed by atoms with Gasteiger partial charge in [0.25, 0.3) is 0 Å². The molecule has 19 heavy (non-hydrogen) atoms. The van der Waals surface area contributed by atoms with Crippen LogP contribution in [0.25, 0.3) is 0 Å². The first-order valence-electron chi connectivity index (χ1n) is 6.42. The Bertz CT molecular complexity index is 428. The molecule has 1 aromatic heterocycles. The van der Waals surface area contributed by atoms with E-state index in [1.807, 2.05) is 20.8 Å². The molecule has 0 aliphatic carbocycles. The largest absolute Gasteiger partial charge is 0.349 e. The summed E-state index contributed by atoms with van der Waals surface area (Å²) in [6.07, 6.45) is 2.15. The number of ketones is 1. The van der Waals surface area contributed by atoms with E-state index in [0.717, 1.165) is 0 Å². The highest BCUT2D eigenvalue weighted by Gasteiger charge is 2.06. The van der Waals surface area contributed by atoms with Crippen LogP contribution < -0.4 is 10.6 Å². The number of nitrogens with one attached hydrogen (secondary N) is 2. The van der Waals surface area contributed by atoms with Gasteiger partial charge in [0.1, 0.15) is 12.2 Å². The number of hydrogen-bond donors (Lipinski definition) is 2. The quantitative estimate of drug-likeness (QED) is 0.685. The van der Waals surface area contributed by atoms with Crippen LogP contribution in [0.1, 0.15) is 32.9 Å². The highest BCUT2D eigenvalue weighted by Crippen LogP contribution is 1.94. The van der Waals surface area contributed by atoms with E-state index < -0.39 is 0 Å². The molecule has 0 atom stereocenters. The van der Waals surface area contributed by atoms with Crippen molar-refractivity contribution in [2.75, 3.05) is 6.54 Å². The topological polar surface area (TPSA) is 88.9 Å². The maximum absolute atomic E-state index is 11.5. The van der Waals surface area contributed by atoms with Gasteiger partial charge in [0.2, 0.25) is 5.91 Å². The maximum atomic E-state index is 11.5. The molecule has 1 rings (SSSR count). The predicted octanol–water partition coefficient (Wildman–Crippen LogP) is -0.129. The predicted molar refractivity (Wildman–Crippen MR) is 70.3 cm³/mol. The lowest BCUT2D eigenvalue weighted by molar-refractivity contribution is -0.121. The minimum absolute atomic E-state index is 0.0899. The third-order valence-corrected chi connectivity index (χ3v) is 2.46. The number of nitrogens with zero attached hydrogens (tertiary/aromatic N) is 3. The second-order valence-corrected chi connectivity index (χ2v) is 4.61. The van der Waals surface area contributed by atoms with Crippen LogP contribution in [0, 0.1) is 0 Å². The van der Waals surface area contributed by atoms with Crippen LogP contribution in [-0.2, 0) is 22.7 Å². The van der Waals surface area contributed by atoms with E-state index in [1.54, 1.807) is 6.20 Å². The molecule has 1 amide bonds. The van der Waals surface area contributed by atoms with Crippen LogP contribution in [0.4, 0.5) is 0 Å². The summed E-state index contributed by atoms with van der Waals surface area (Å²) in [5, 5.41) is 13.5. The first-order valence-corrected chi connectivity index (χ1v) is 6.42. The zero-order valence-electron chi connectivity index (χ0n) is 11.6. The molecule has 7 nitrogen and oxygen atoms in total. The molecule has 0 spiro atoms. The Morgan fingerprint density at radius 3 is 2.79 bits per heavy atom. The van der Waals surface area contributed by atoms with Crippen molar-refractivity contribution >= 4 is 11.7 Å². The van der Waals surface area contributed by atoms with Crippen LogP contribution in [0.3, 0.4) is 0 Å². The maximum Gasteiger partial charge on any atom is 0.234 e. The van der Waals surface area contributed by atoms with E-state index in [1.165, 1.54) is 4.68 Å². The van der Waals surface area contributed by atoms with E-state index in [0.29, 0.717) is 18.7 Å². The van der Waals surface area contributed by atoms with E-state index in [4.69, 9.17) is 0 Å². The lowest BCUT2D eigenvalue weighted by Gasteiger charge is -2.07. The minimum atomic E-state index is -0.0899. The van der Waals surface area contributed by atoms with Crippen molar-refractivity contribution in [2.24, 2.45) is 0 Å². The molecule has 0 aliphatic rings.